The van der Waals surface area contributed by atoms with E-state index in [9.17, 15) is 19.2 Å². The molecule has 1 aliphatic heterocycles. The summed E-state index contributed by atoms with van der Waals surface area (Å²) in [4.78, 5) is 49.7. The molecule has 2 aromatic rings. The molecule has 1 saturated heterocycles. The first kappa shape index (κ1) is 23.3. The molecule has 0 spiro atoms. The van der Waals surface area contributed by atoms with Crippen molar-refractivity contribution in [2.75, 3.05) is 6.61 Å². The minimum atomic E-state index is -0.668. The molecule has 34 heavy (non-hydrogen) atoms. The lowest BCUT2D eigenvalue weighted by Crippen LogP contribution is -2.39. The second-order valence-corrected chi connectivity index (χ2v) is 10.4. The van der Waals surface area contributed by atoms with E-state index in [0.29, 0.717) is 5.02 Å². The molecule has 0 aromatic heterocycles. The number of halogens is 3. The lowest BCUT2D eigenvalue weighted by molar-refractivity contribution is -0.154. The monoisotopic (exact) mass is 566 g/mol. The van der Waals surface area contributed by atoms with Crippen molar-refractivity contribution < 1.29 is 33.4 Å². The van der Waals surface area contributed by atoms with E-state index < -0.39 is 36.2 Å². The highest BCUT2D eigenvalue weighted by atomic mass is 79.9. The fraction of sp³-hybridized carbons (Fsp3) is 0.333. The van der Waals surface area contributed by atoms with Crippen molar-refractivity contribution in [1.82, 2.24) is 0 Å². The Balaban J connectivity index is 1.18. The van der Waals surface area contributed by atoms with Gasteiger partial charge in [0.25, 0.3) is 0 Å². The number of hydrogen-bond acceptors (Lipinski definition) is 7. The highest BCUT2D eigenvalue weighted by molar-refractivity contribution is 9.09. The Morgan fingerprint density at radius 1 is 1.06 bits per heavy atom. The van der Waals surface area contributed by atoms with Gasteiger partial charge in [-0.2, -0.15) is 0 Å². The van der Waals surface area contributed by atoms with Gasteiger partial charge < -0.3 is 14.2 Å². The topological polar surface area (TPSA) is 96.0 Å². The molecular formula is C24H17BrCl2O7. The number of carbonyl (C=O) groups is 4. The molecule has 0 amide bonds. The molecule has 0 radical (unpaired) electrons. The molecule has 2 saturated carbocycles. The quantitative estimate of drug-likeness (QED) is 0.219. The number of ketones is 1. The van der Waals surface area contributed by atoms with Crippen molar-refractivity contribution in [3.63, 3.8) is 0 Å². The molecule has 2 aromatic carbocycles. The Morgan fingerprint density at radius 2 is 1.79 bits per heavy atom. The van der Waals surface area contributed by atoms with Gasteiger partial charge in [0.2, 0.25) is 0 Å². The van der Waals surface area contributed by atoms with Gasteiger partial charge >= 0.3 is 17.9 Å². The molecule has 0 N–H and O–H groups in total. The van der Waals surface area contributed by atoms with Crippen LogP contribution >= 0.6 is 39.1 Å². The second kappa shape index (κ2) is 8.98. The molecular weight excluding hydrogens is 551 g/mol. The van der Waals surface area contributed by atoms with Crippen molar-refractivity contribution in [3.05, 3.63) is 63.6 Å². The Morgan fingerprint density at radius 3 is 2.50 bits per heavy atom. The van der Waals surface area contributed by atoms with Gasteiger partial charge in [-0.3, -0.25) is 14.4 Å². The van der Waals surface area contributed by atoms with E-state index in [0.717, 1.165) is 6.42 Å². The third-order valence-electron chi connectivity index (χ3n) is 6.68. The van der Waals surface area contributed by atoms with E-state index in [1.54, 1.807) is 0 Å². The Kier molecular flexibility index (Phi) is 6.16. The molecule has 2 aliphatic carbocycles. The van der Waals surface area contributed by atoms with E-state index in [1.807, 2.05) is 0 Å². The molecule has 7 nitrogen and oxygen atoms in total. The number of alkyl halides is 1. The first-order valence-corrected chi connectivity index (χ1v) is 12.2. The minimum Gasteiger partial charge on any atom is -0.461 e. The second-order valence-electron chi connectivity index (χ2n) is 8.53. The van der Waals surface area contributed by atoms with Crippen LogP contribution in [-0.4, -0.2) is 41.2 Å². The highest BCUT2D eigenvalue weighted by Gasteiger charge is 2.68. The van der Waals surface area contributed by atoms with Gasteiger partial charge in [0.1, 0.15) is 11.9 Å². The van der Waals surface area contributed by atoms with Crippen molar-refractivity contribution in [2.45, 2.75) is 17.4 Å². The number of benzene rings is 2. The van der Waals surface area contributed by atoms with Crippen LogP contribution in [0.3, 0.4) is 0 Å². The van der Waals surface area contributed by atoms with Crippen LogP contribution in [0.5, 0.6) is 5.75 Å². The van der Waals surface area contributed by atoms with E-state index in [-0.39, 0.29) is 50.6 Å². The smallest absolute Gasteiger partial charge is 0.345 e. The molecule has 0 unspecified atom stereocenters. The molecule has 2 bridgehead atoms. The van der Waals surface area contributed by atoms with Crippen LogP contribution in [0, 0.1) is 23.7 Å². The summed E-state index contributed by atoms with van der Waals surface area (Å²) in [6, 6.07) is 10.3. The van der Waals surface area contributed by atoms with Crippen molar-refractivity contribution in [2.24, 2.45) is 23.7 Å². The van der Waals surface area contributed by atoms with E-state index in [1.165, 1.54) is 42.5 Å². The van der Waals surface area contributed by atoms with Gasteiger partial charge in [0, 0.05) is 16.5 Å². The first-order chi connectivity index (χ1) is 16.2. The van der Waals surface area contributed by atoms with Gasteiger partial charge in [0.05, 0.1) is 27.2 Å². The highest BCUT2D eigenvalue weighted by Crippen LogP contribution is 2.60. The Labute approximate surface area is 212 Å². The van der Waals surface area contributed by atoms with Gasteiger partial charge in [-0.1, -0.05) is 39.1 Å². The summed E-state index contributed by atoms with van der Waals surface area (Å²) in [7, 11) is 0. The predicted molar refractivity (Wildman–Crippen MR) is 124 cm³/mol. The maximum absolute atomic E-state index is 12.7. The van der Waals surface area contributed by atoms with Crippen molar-refractivity contribution in [3.8, 4) is 5.75 Å². The molecule has 5 rings (SSSR count). The fourth-order valence-corrected chi connectivity index (χ4v) is 6.67. The third-order valence-corrected chi connectivity index (χ3v) is 8.43. The molecule has 3 fully saturated rings. The average Bonchev–Trinajstić information content (AvgIpc) is 3.42. The summed E-state index contributed by atoms with van der Waals surface area (Å²) in [5.41, 5.74) is 0.436. The normalized spacial score (nSPS) is 28.5. The maximum Gasteiger partial charge on any atom is 0.345 e. The number of rotatable bonds is 6. The van der Waals surface area contributed by atoms with Crippen LogP contribution in [-0.2, 0) is 19.1 Å². The number of carbonyl (C=O) groups excluding carboxylic acids is 4. The Bertz CT molecular complexity index is 1200. The fourth-order valence-electron chi connectivity index (χ4n) is 5.14. The zero-order chi connectivity index (χ0) is 24.1. The number of Topliss-reactive ketones (excluding diaryl/α,β-unsaturated/α-hetero) is 1. The number of ether oxygens (including phenoxy) is 3. The zero-order valence-corrected chi connectivity index (χ0v) is 20.5. The average molecular weight is 568 g/mol. The first-order valence-electron chi connectivity index (χ1n) is 10.6. The summed E-state index contributed by atoms with van der Waals surface area (Å²) in [6.07, 6.45) is 0.545. The summed E-state index contributed by atoms with van der Waals surface area (Å²) < 4.78 is 16.0. The lowest BCUT2D eigenvalue weighted by atomic mass is 9.80. The van der Waals surface area contributed by atoms with E-state index in [4.69, 9.17) is 37.4 Å². The van der Waals surface area contributed by atoms with Crippen molar-refractivity contribution >= 4 is 62.8 Å². The predicted octanol–water partition coefficient (Wildman–Crippen LogP) is 4.51. The lowest BCUT2D eigenvalue weighted by Gasteiger charge is -2.26. The third kappa shape index (κ3) is 4.01. The minimum absolute atomic E-state index is 0.0214. The number of fused-ring (bicyclic) bond motifs is 1. The van der Waals surface area contributed by atoms with Crippen LogP contribution in [0.1, 0.15) is 27.1 Å². The van der Waals surface area contributed by atoms with E-state index in [2.05, 4.69) is 15.9 Å². The van der Waals surface area contributed by atoms with Gasteiger partial charge in [-0.05, 0) is 54.8 Å². The van der Waals surface area contributed by atoms with Gasteiger partial charge in [-0.15, -0.1) is 0 Å². The summed E-state index contributed by atoms with van der Waals surface area (Å²) in [5, 5.41) is 0.555. The van der Waals surface area contributed by atoms with Crippen molar-refractivity contribution in [1.29, 1.82) is 0 Å². The molecule has 176 valence electrons. The summed E-state index contributed by atoms with van der Waals surface area (Å²) in [5.74, 6) is -2.91. The summed E-state index contributed by atoms with van der Waals surface area (Å²) >= 11 is 15.4. The van der Waals surface area contributed by atoms with Crippen LogP contribution < -0.4 is 4.74 Å². The largest absolute Gasteiger partial charge is 0.461 e. The van der Waals surface area contributed by atoms with Gasteiger partial charge in [-0.25, -0.2) is 4.79 Å². The molecule has 6 atom stereocenters. The standard InChI is InChI=1S/C24H17BrCl2O7/c25-20-14-8-15-19(24(31)34-21(15)20)18(14)23(30)32-9-17(28)10-1-4-12(5-2-10)33-22(29)13-6-3-11(26)7-16(13)27/h1-7,14-15,18-21H,8-9H2/t14-,15-,18-,19+,20-,21+/m1/s1. The summed E-state index contributed by atoms with van der Waals surface area (Å²) in [6.45, 7) is -0.454. The Hall–Kier alpha value is -2.42. The number of hydrogen-bond donors (Lipinski definition) is 0. The molecule has 1 heterocycles. The van der Waals surface area contributed by atoms with Crippen LogP contribution in [0.2, 0.25) is 10.0 Å². The zero-order valence-electron chi connectivity index (χ0n) is 17.4. The van der Waals surface area contributed by atoms with Crippen LogP contribution in [0.15, 0.2) is 42.5 Å². The molecule has 3 aliphatic rings. The SMILES string of the molecule is O=C(COC(=O)[C@@H]1[C@H]2C[C@H]3[C@H](OC(=O)[C@@H]31)[C@@H]2Br)c1ccc(OC(=O)c2ccc(Cl)cc2Cl)cc1. The van der Waals surface area contributed by atoms with Crippen LogP contribution in [0.25, 0.3) is 0 Å². The van der Waals surface area contributed by atoms with Crippen LogP contribution in [0.4, 0.5) is 0 Å². The van der Waals surface area contributed by atoms with Gasteiger partial charge in [0.15, 0.2) is 12.4 Å². The maximum atomic E-state index is 12.7. The van der Waals surface area contributed by atoms with E-state index >= 15 is 0 Å². The molecule has 10 heteroatoms. The number of esters is 3.